The van der Waals surface area contributed by atoms with E-state index in [2.05, 4.69) is 4.90 Å². The molecule has 0 radical (unpaired) electrons. The Labute approximate surface area is 111 Å². The number of nitrogens with zero attached hydrogens (tertiary/aromatic N) is 1. The molecule has 0 aromatic heterocycles. The van der Waals surface area contributed by atoms with E-state index in [9.17, 15) is 0 Å². The van der Waals surface area contributed by atoms with Crippen LogP contribution in [0.2, 0.25) is 0 Å². The van der Waals surface area contributed by atoms with Crippen LogP contribution >= 0.6 is 0 Å². The predicted molar refractivity (Wildman–Crippen MR) is 69.0 cm³/mol. The Hall–Kier alpha value is -0.0231. The Morgan fingerprint density at radius 1 is 1.00 bits per heavy atom. The lowest BCUT2D eigenvalue weighted by molar-refractivity contribution is -0.0312. The standard InChI is InChI=1S/C11H25NO5Si/c1-4-14-18(15-5-2,16-6-3)17-10-8-12-7-9-13-11-12/h4-11H2,1-3H3. The normalized spacial score (nSPS) is 17.5. The summed E-state index contributed by atoms with van der Waals surface area (Å²) in [7, 11) is -2.93. The van der Waals surface area contributed by atoms with Crippen LogP contribution in [0.3, 0.4) is 0 Å². The van der Waals surface area contributed by atoms with Gasteiger partial charge in [-0.3, -0.25) is 4.90 Å². The van der Waals surface area contributed by atoms with Crippen molar-refractivity contribution in [3.8, 4) is 0 Å². The quantitative estimate of drug-likeness (QED) is 0.552. The fourth-order valence-electron chi connectivity index (χ4n) is 1.71. The number of hydrogen-bond acceptors (Lipinski definition) is 6. The van der Waals surface area contributed by atoms with Crippen molar-refractivity contribution < 1.29 is 22.4 Å². The lowest BCUT2D eigenvalue weighted by Crippen LogP contribution is -2.50. The van der Waals surface area contributed by atoms with Gasteiger partial charge in [0.1, 0.15) is 0 Å². The Morgan fingerprint density at radius 2 is 1.61 bits per heavy atom. The van der Waals surface area contributed by atoms with E-state index in [-0.39, 0.29) is 0 Å². The number of hydrogen-bond donors (Lipinski definition) is 0. The molecule has 6 nitrogen and oxygen atoms in total. The van der Waals surface area contributed by atoms with Crippen LogP contribution in [0.15, 0.2) is 0 Å². The summed E-state index contributed by atoms with van der Waals surface area (Å²) in [5.74, 6) is 0. The van der Waals surface area contributed by atoms with E-state index in [1.807, 2.05) is 20.8 Å². The third-order valence-electron chi connectivity index (χ3n) is 2.48. The van der Waals surface area contributed by atoms with Crippen LogP contribution < -0.4 is 0 Å². The first-order valence-electron chi connectivity index (χ1n) is 6.62. The molecule has 0 atom stereocenters. The summed E-state index contributed by atoms with van der Waals surface area (Å²) < 4.78 is 27.9. The maximum absolute atomic E-state index is 5.79. The molecular weight excluding hydrogens is 254 g/mol. The first kappa shape index (κ1) is 16.0. The minimum atomic E-state index is -2.93. The third-order valence-corrected chi connectivity index (χ3v) is 4.96. The first-order valence-corrected chi connectivity index (χ1v) is 8.25. The van der Waals surface area contributed by atoms with Crippen molar-refractivity contribution in [2.75, 3.05) is 52.9 Å². The second kappa shape index (κ2) is 8.97. The van der Waals surface area contributed by atoms with Gasteiger partial charge >= 0.3 is 9.05 Å². The second-order valence-electron chi connectivity index (χ2n) is 3.80. The Bertz CT molecular complexity index is 197. The van der Waals surface area contributed by atoms with Crippen LogP contribution in [0, 0.1) is 0 Å². The Kier molecular flexibility index (Phi) is 7.99. The van der Waals surface area contributed by atoms with Crippen LogP contribution in [0.4, 0.5) is 0 Å². The fourth-order valence-corrected chi connectivity index (χ4v) is 3.61. The van der Waals surface area contributed by atoms with E-state index in [1.165, 1.54) is 0 Å². The summed E-state index contributed by atoms with van der Waals surface area (Å²) in [6, 6.07) is 0. The summed E-state index contributed by atoms with van der Waals surface area (Å²) in [5.41, 5.74) is 0. The number of ether oxygens (including phenoxy) is 1. The van der Waals surface area contributed by atoms with Gasteiger partial charge in [0.2, 0.25) is 0 Å². The smallest absolute Gasteiger partial charge is 0.365 e. The van der Waals surface area contributed by atoms with E-state index < -0.39 is 9.05 Å². The summed E-state index contributed by atoms with van der Waals surface area (Å²) in [4.78, 5) is 2.18. The molecular formula is C11H25NO5Si. The van der Waals surface area contributed by atoms with Gasteiger partial charge in [0, 0.05) is 32.9 Å². The highest BCUT2D eigenvalue weighted by molar-refractivity contribution is 6.53. The topological polar surface area (TPSA) is 49.4 Å². The molecule has 0 spiro atoms. The van der Waals surface area contributed by atoms with E-state index in [4.69, 9.17) is 22.4 Å². The molecule has 1 rings (SSSR count). The first-order chi connectivity index (χ1) is 8.76. The molecule has 0 aromatic carbocycles. The molecule has 1 aliphatic heterocycles. The highest BCUT2D eigenvalue weighted by atomic mass is 28.4. The average Bonchev–Trinajstić information content (AvgIpc) is 2.83. The van der Waals surface area contributed by atoms with Crippen molar-refractivity contribution >= 4 is 9.05 Å². The molecule has 1 heterocycles. The van der Waals surface area contributed by atoms with Crippen LogP contribution in [-0.4, -0.2) is 66.8 Å². The molecule has 0 aromatic rings. The molecule has 0 saturated carbocycles. The molecule has 0 aliphatic carbocycles. The summed E-state index contributed by atoms with van der Waals surface area (Å²) in [6.07, 6.45) is 0. The predicted octanol–water partition coefficient (Wildman–Crippen LogP) is 0.838. The molecule has 0 unspecified atom stereocenters. The van der Waals surface area contributed by atoms with Crippen molar-refractivity contribution in [1.82, 2.24) is 4.90 Å². The molecule has 0 amide bonds. The van der Waals surface area contributed by atoms with Gasteiger partial charge in [0.05, 0.1) is 19.9 Å². The summed E-state index contributed by atoms with van der Waals surface area (Å²) in [5, 5.41) is 0. The van der Waals surface area contributed by atoms with Gasteiger partial charge in [0.15, 0.2) is 0 Å². The zero-order chi connectivity index (χ0) is 13.3. The van der Waals surface area contributed by atoms with E-state index in [1.54, 1.807) is 0 Å². The second-order valence-corrected chi connectivity index (χ2v) is 5.96. The lowest BCUT2D eigenvalue weighted by atomic mass is 10.6. The van der Waals surface area contributed by atoms with Crippen LogP contribution in [0.25, 0.3) is 0 Å². The molecule has 108 valence electrons. The third kappa shape index (κ3) is 5.31. The summed E-state index contributed by atoms with van der Waals surface area (Å²) in [6.45, 7) is 11.1. The van der Waals surface area contributed by atoms with Gasteiger partial charge in [0.25, 0.3) is 0 Å². The van der Waals surface area contributed by atoms with Crippen molar-refractivity contribution in [1.29, 1.82) is 0 Å². The maximum Gasteiger partial charge on any atom is 0.679 e. The number of rotatable bonds is 10. The minimum absolute atomic E-state index is 0.527. The SMILES string of the molecule is CCO[Si](OCC)(OCC)OCCN1CCOC1. The van der Waals surface area contributed by atoms with Gasteiger partial charge < -0.3 is 22.4 Å². The fraction of sp³-hybridized carbons (Fsp3) is 1.00. The molecule has 1 saturated heterocycles. The molecule has 0 bridgehead atoms. The van der Waals surface area contributed by atoms with E-state index >= 15 is 0 Å². The average molecular weight is 279 g/mol. The molecule has 18 heavy (non-hydrogen) atoms. The zero-order valence-corrected chi connectivity index (χ0v) is 12.6. The Balaban J connectivity index is 2.37. The van der Waals surface area contributed by atoms with E-state index in [0.29, 0.717) is 33.2 Å². The van der Waals surface area contributed by atoms with Gasteiger partial charge in [-0.05, 0) is 20.8 Å². The van der Waals surface area contributed by atoms with Crippen molar-refractivity contribution in [2.45, 2.75) is 20.8 Å². The van der Waals surface area contributed by atoms with E-state index in [0.717, 1.165) is 19.7 Å². The molecule has 1 fully saturated rings. The van der Waals surface area contributed by atoms with Gasteiger partial charge in [-0.25, -0.2) is 0 Å². The summed E-state index contributed by atoms with van der Waals surface area (Å²) >= 11 is 0. The van der Waals surface area contributed by atoms with Gasteiger partial charge in [-0.15, -0.1) is 0 Å². The molecule has 0 N–H and O–H groups in total. The van der Waals surface area contributed by atoms with Gasteiger partial charge in [-0.1, -0.05) is 0 Å². The highest BCUT2D eigenvalue weighted by Crippen LogP contribution is 2.12. The van der Waals surface area contributed by atoms with Gasteiger partial charge in [-0.2, -0.15) is 0 Å². The van der Waals surface area contributed by atoms with Crippen molar-refractivity contribution in [2.24, 2.45) is 0 Å². The monoisotopic (exact) mass is 279 g/mol. The maximum atomic E-state index is 5.79. The minimum Gasteiger partial charge on any atom is -0.365 e. The zero-order valence-electron chi connectivity index (χ0n) is 11.6. The van der Waals surface area contributed by atoms with Crippen LogP contribution in [-0.2, 0) is 22.4 Å². The van der Waals surface area contributed by atoms with Crippen molar-refractivity contribution in [3.63, 3.8) is 0 Å². The van der Waals surface area contributed by atoms with Crippen LogP contribution in [0.1, 0.15) is 20.8 Å². The van der Waals surface area contributed by atoms with Crippen LogP contribution in [0.5, 0.6) is 0 Å². The highest BCUT2D eigenvalue weighted by Gasteiger charge is 2.44. The lowest BCUT2D eigenvalue weighted by Gasteiger charge is -2.27. The Morgan fingerprint density at radius 3 is 2.06 bits per heavy atom. The molecule has 1 aliphatic rings. The largest absolute Gasteiger partial charge is 0.679 e. The molecule has 7 heteroatoms. The van der Waals surface area contributed by atoms with Crippen molar-refractivity contribution in [3.05, 3.63) is 0 Å².